The fraction of sp³-hybridized carbons (Fsp3) is 0.400. The van der Waals surface area contributed by atoms with E-state index in [1.807, 2.05) is 0 Å². The Morgan fingerprint density at radius 1 is 0.591 bits per heavy atom. The van der Waals surface area contributed by atoms with Gasteiger partial charge in [-0.25, -0.2) is 0 Å². The highest BCUT2D eigenvalue weighted by atomic mass is 16.7. The van der Waals surface area contributed by atoms with Crippen molar-refractivity contribution in [1.29, 1.82) is 0 Å². The molecule has 0 amide bonds. The quantitative estimate of drug-likeness (QED) is 0.822. The Morgan fingerprint density at radius 3 is 1.50 bits per heavy atom. The first-order chi connectivity index (χ1) is 10.8. The number of ether oxygens (including phenoxy) is 2. The first-order valence-corrected chi connectivity index (χ1v) is 8.22. The molecule has 0 radical (unpaired) electrons. The normalized spacial score (nSPS) is 22.7. The molecule has 0 bridgehead atoms. The van der Waals surface area contributed by atoms with Crippen molar-refractivity contribution < 1.29 is 9.47 Å². The van der Waals surface area contributed by atoms with Crippen molar-refractivity contribution in [3.63, 3.8) is 0 Å². The third kappa shape index (κ3) is 2.27. The van der Waals surface area contributed by atoms with E-state index in [4.69, 9.17) is 9.47 Å². The molecule has 22 heavy (non-hydrogen) atoms. The minimum absolute atomic E-state index is 0.0864. The Hall–Kier alpha value is -1.64. The van der Waals surface area contributed by atoms with Gasteiger partial charge in [0.25, 0.3) is 0 Å². The van der Waals surface area contributed by atoms with Gasteiger partial charge in [-0.2, -0.15) is 0 Å². The topological polar surface area (TPSA) is 18.5 Å². The van der Waals surface area contributed by atoms with Gasteiger partial charge in [0.05, 0.1) is 13.2 Å². The highest BCUT2D eigenvalue weighted by Crippen LogP contribution is 2.49. The van der Waals surface area contributed by atoms with Crippen molar-refractivity contribution in [2.24, 2.45) is 0 Å². The number of hydrogen-bond donors (Lipinski definition) is 0. The second-order valence-electron chi connectivity index (χ2n) is 6.42. The van der Waals surface area contributed by atoms with Crippen molar-refractivity contribution in [3.05, 3.63) is 71.8 Å². The molecule has 2 aromatic carbocycles. The number of hydrogen-bond acceptors (Lipinski definition) is 2. The fourth-order valence-corrected chi connectivity index (χ4v) is 4.10. The summed E-state index contributed by atoms with van der Waals surface area (Å²) in [6, 6.07) is 21.8. The van der Waals surface area contributed by atoms with Gasteiger partial charge in [0.1, 0.15) is 0 Å². The molecule has 4 rings (SSSR count). The molecule has 2 aromatic rings. The molecule has 0 unspecified atom stereocenters. The maximum absolute atomic E-state index is 5.92. The fourth-order valence-electron chi connectivity index (χ4n) is 4.10. The van der Waals surface area contributed by atoms with Gasteiger partial charge in [-0.15, -0.1) is 0 Å². The van der Waals surface area contributed by atoms with Crippen LogP contribution in [0.2, 0.25) is 0 Å². The van der Waals surface area contributed by atoms with Crippen LogP contribution in [0.25, 0.3) is 0 Å². The lowest BCUT2D eigenvalue weighted by atomic mass is 9.64. The summed E-state index contributed by atoms with van der Waals surface area (Å²) in [7, 11) is 0. The minimum atomic E-state index is -0.312. The summed E-state index contributed by atoms with van der Waals surface area (Å²) in [6.45, 7) is 1.48. The van der Waals surface area contributed by atoms with Crippen molar-refractivity contribution in [2.75, 3.05) is 13.2 Å². The SMILES string of the molecule is c1ccc(C2(c3ccccc3)CCC3(CC2)OCCO3)cc1. The lowest BCUT2D eigenvalue weighted by molar-refractivity contribution is -0.183. The van der Waals surface area contributed by atoms with Crippen molar-refractivity contribution in [1.82, 2.24) is 0 Å². The van der Waals surface area contributed by atoms with Crippen LogP contribution in [0.15, 0.2) is 60.7 Å². The Labute approximate surface area is 132 Å². The van der Waals surface area contributed by atoms with Crippen LogP contribution in [0.4, 0.5) is 0 Å². The zero-order chi connectivity index (χ0) is 14.9. The van der Waals surface area contributed by atoms with Crippen LogP contribution in [-0.2, 0) is 14.9 Å². The van der Waals surface area contributed by atoms with Gasteiger partial charge >= 0.3 is 0 Å². The average molecular weight is 294 g/mol. The van der Waals surface area contributed by atoms with Gasteiger partial charge in [-0.05, 0) is 24.0 Å². The van der Waals surface area contributed by atoms with Crippen LogP contribution in [0.1, 0.15) is 36.8 Å². The first kappa shape index (κ1) is 14.0. The highest BCUT2D eigenvalue weighted by Gasteiger charge is 2.47. The summed E-state index contributed by atoms with van der Waals surface area (Å²) in [5, 5.41) is 0. The molecule has 2 fully saturated rings. The Bertz CT molecular complexity index is 563. The van der Waals surface area contributed by atoms with Crippen LogP contribution in [0, 0.1) is 0 Å². The second-order valence-corrected chi connectivity index (χ2v) is 6.42. The molecule has 2 nitrogen and oxygen atoms in total. The largest absolute Gasteiger partial charge is 0.348 e. The highest BCUT2D eigenvalue weighted by molar-refractivity contribution is 5.40. The Morgan fingerprint density at radius 2 is 1.05 bits per heavy atom. The van der Waals surface area contributed by atoms with Crippen LogP contribution in [0.3, 0.4) is 0 Å². The lowest BCUT2D eigenvalue weighted by Crippen LogP contribution is -2.42. The van der Waals surface area contributed by atoms with Crippen LogP contribution in [-0.4, -0.2) is 19.0 Å². The van der Waals surface area contributed by atoms with Gasteiger partial charge in [0.15, 0.2) is 5.79 Å². The minimum Gasteiger partial charge on any atom is -0.348 e. The smallest absolute Gasteiger partial charge is 0.168 e. The summed E-state index contributed by atoms with van der Waals surface area (Å²) >= 11 is 0. The van der Waals surface area contributed by atoms with Crippen molar-refractivity contribution >= 4 is 0 Å². The van der Waals surface area contributed by atoms with E-state index in [2.05, 4.69) is 60.7 Å². The molecule has 114 valence electrons. The summed E-state index contributed by atoms with van der Waals surface area (Å²) in [4.78, 5) is 0. The molecule has 2 aliphatic rings. The second kappa shape index (κ2) is 5.53. The Kier molecular flexibility index (Phi) is 3.51. The molecule has 0 atom stereocenters. The van der Waals surface area contributed by atoms with Gasteiger partial charge in [-0.3, -0.25) is 0 Å². The third-order valence-electron chi connectivity index (χ3n) is 5.33. The molecule has 1 heterocycles. The monoisotopic (exact) mass is 294 g/mol. The molecule has 0 aromatic heterocycles. The molecule has 1 saturated heterocycles. The van der Waals surface area contributed by atoms with Gasteiger partial charge in [0, 0.05) is 18.3 Å². The van der Waals surface area contributed by atoms with E-state index in [0.29, 0.717) is 0 Å². The molecular formula is C20H22O2. The molecular weight excluding hydrogens is 272 g/mol. The summed E-state index contributed by atoms with van der Waals surface area (Å²) in [5.41, 5.74) is 2.91. The first-order valence-electron chi connectivity index (χ1n) is 8.22. The van der Waals surface area contributed by atoms with E-state index in [0.717, 1.165) is 38.9 Å². The standard InChI is InChI=1S/C20H22O2/c1-3-7-17(8-4-1)19(18-9-5-2-6-10-18)11-13-20(14-12-19)21-15-16-22-20/h1-10H,11-16H2. The van der Waals surface area contributed by atoms with Gasteiger partial charge in [-0.1, -0.05) is 60.7 Å². The van der Waals surface area contributed by atoms with Gasteiger partial charge in [0.2, 0.25) is 0 Å². The summed E-state index contributed by atoms with van der Waals surface area (Å²) in [5.74, 6) is -0.312. The van der Waals surface area contributed by atoms with E-state index in [-0.39, 0.29) is 11.2 Å². The van der Waals surface area contributed by atoms with E-state index in [1.54, 1.807) is 0 Å². The molecule has 1 aliphatic heterocycles. The zero-order valence-corrected chi connectivity index (χ0v) is 12.8. The summed E-state index contributed by atoms with van der Waals surface area (Å²) < 4.78 is 11.8. The predicted molar refractivity (Wildman–Crippen MR) is 86.8 cm³/mol. The van der Waals surface area contributed by atoms with Gasteiger partial charge < -0.3 is 9.47 Å². The van der Waals surface area contributed by atoms with E-state index in [9.17, 15) is 0 Å². The molecule has 1 saturated carbocycles. The maximum Gasteiger partial charge on any atom is 0.168 e. The predicted octanol–water partition coefficient (Wildman–Crippen LogP) is 4.29. The molecule has 2 heteroatoms. The maximum atomic E-state index is 5.92. The van der Waals surface area contributed by atoms with Crippen LogP contribution >= 0.6 is 0 Å². The van der Waals surface area contributed by atoms with E-state index in [1.165, 1.54) is 11.1 Å². The van der Waals surface area contributed by atoms with Crippen molar-refractivity contribution in [2.45, 2.75) is 36.9 Å². The van der Waals surface area contributed by atoms with E-state index >= 15 is 0 Å². The molecule has 1 spiro atoms. The number of rotatable bonds is 2. The molecule has 0 N–H and O–H groups in total. The lowest BCUT2D eigenvalue weighted by Gasteiger charge is -2.44. The average Bonchev–Trinajstić information content (AvgIpc) is 3.06. The Balaban J connectivity index is 1.72. The van der Waals surface area contributed by atoms with E-state index < -0.39 is 0 Å². The third-order valence-corrected chi connectivity index (χ3v) is 5.33. The number of benzene rings is 2. The van der Waals surface area contributed by atoms with Crippen molar-refractivity contribution in [3.8, 4) is 0 Å². The molecule has 1 aliphatic carbocycles. The van der Waals surface area contributed by atoms with Crippen LogP contribution < -0.4 is 0 Å². The summed E-state index contributed by atoms with van der Waals surface area (Å²) in [6.07, 6.45) is 4.08. The zero-order valence-electron chi connectivity index (χ0n) is 12.8. The van der Waals surface area contributed by atoms with Crippen LogP contribution in [0.5, 0.6) is 0 Å².